The molecule has 0 atom stereocenters. The zero-order chi connectivity index (χ0) is 20.8. The Balaban J connectivity index is 1.53. The summed E-state index contributed by atoms with van der Waals surface area (Å²) in [7, 11) is 1.34. The highest BCUT2D eigenvalue weighted by Crippen LogP contribution is 2.44. The molecule has 0 radical (unpaired) electrons. The van der Waals surface area contributed by atoms with Gasteiger partial charge in [-0.05, 0) is 28.2 Å². The Bertz CT molecular complexity index is 960. The molecule has 0 aromatic heterocycles. The molecule has 2 amide bonds. The molecule has 2 N–H and O–H groups in total. The van der Waals surface area contributed by atoms with Gasteiger partial charge in [-0.2, -0.15) is 0 Å². The van der Waals surface area contributed by atoms with Gasteiger partial charge in [0.2, 0.25) is 0 Å². The van der Waals surface area contributed by atoms with Crippen molar-refractivity contribution >= 4 is 18.0 Å². The second-order valence-corrected chi connectivity index (χ2v) is 6.54. The van der Waals surface area contributed by atoms with Crippen LogP contribution in [0.3, 0.4) is 0 Å². The summed E-state index contributed by atoms with van der Waals surface area (Å²) in [5.74, 6) is 2.95. The Kier molecular flexibility index (Phi) is 6.15. The molecule has 2 aromatic rings. The van der Waals surface area contributed by atoms with Crippen LogP contribution < -0.4 is 5.32 Å². The molecule has 148 valence electrons. The van der Waals surface area contributed by atoms with Crippen molar-refractivity contribution in [3.63, 3.8) is 0 Å². The highest BCUT2D eigenvalue weighted by atomic mass is 16.5. The number of benzene rings is 2. The van der Waals surface area contributed by atoms with Crippen molar-refractivity contribution in [2.75, 3.05) is 26.7 Å². The highest BCUT2D eigenvalue weighted by Gasteiger charge is 2.28. The first-order valence-corrected chi connectivity index (χ1v) is 9.02. The Morgan fingerprint density at radius 2 is 1.66 bits per heavy atom. The van der Waals surface area contributed by atoms with E-state index < -0.39 is 24.5 Å². The lowest BCUT2D eigenvalue weighted by atomic mass is 9.98. The third-order valence-electron chi connectivity index (χ3n) is 4.58. The molecule has 0 saturated heterocycles. The zero-order valence-electron chi connectivity index (χ0n) is 15.8. The Morgan fingerprint density at radius 3 is 2.24 bits per heavy atom. The van der Waals surface area contributed by atoms with Gasteiger partial charge < -0.3 is 20.1 Å². The predicted octanol–water partition coefficient (Wildman–Crippen LogP) is 2.07. The van der Waals surface area contributed by atoms with E-state index in [2.05, 4.69) is 29.3 Å². The Labute approximate surface area is 168 Å². The number of fused-ring (bicyclic) bond motifs is 3. The van der Waals surface area contributed by atoms with E-state index in [-0.39, 0.29) is 19.1 Å². The van der Waals surface area contributed by atoms with Crippen LogP contribution >= 0.6 is 0 Å². The van der Waals surface area contributed by atoms with Crippen LogP contribution in [0.5, 0.6) is 0 Å². The lowest BCUT2D eigenvalue weighted by molar-refractivity contribution is -0.141. The van der Waals surface area contributed by atoms with Crippen molar-refractivity contribution in [2.24, 2.45) is 0 Å². The largest absolute Gasteiger partial charge is 0.480 e. The number of alkyl carbamates (subject to hydrolysis) is 1. The van der Waals surface area contributed by atoms with Gasteiger partial charge in [0.25, 0.3) is 5.91 Å². The second-order valence-electron chi connectivity index (χ2n) is 6.54. The topological polar surface area (TPSA) is 95.9 Å². The molecule has 1 aliphatic carbocycles. The van der Waals surface area contributed by atoms with Crippen molar-refractivity contribution in [1.29, 1.82) is 0 Å². The van der Waals surface area contributed by atoms with Crippen LogP contribution in [0.1, 0.15) is 17.0 Å². The van der Waals surface area contributed by atoms with Gasteiger partial charge in [-0.15, -0.1) is 0 Å². The number of carbonyl (C=O) groups is 3. The average Bonchev–Trinajstić information content (AvgIpc) is 3.03. The molecule has 29 heavy (non-hydrogen) atoms. The van der Waals surface area contributed by atoms with Crippen LogP contribution in [0.25, 0.3) is 11.1 Å². The van der Waals surface area contributed by atoms with E-state index >= 15 is 0 Å². The standard InChI is InChI=1S/C22H20N2O5/c1-24(13-21(26)27)20(25)11-6-12-23-22(28)29-14-19-17-9-4-2-7-15(17)16-8-3-5-10-18(16)19/h2-5,7-10,19H,12-14H2,1H3,(H,23,28)(H,26,27). The first-order valence-electron chi connectivity index (χ1n) is 9.02. The monoisotopic (exact) mass is 392 g/mol. The average molecular weight is 392 g/mol. The Morgan fingerprint density at radius 1 is 1.07 bits per heavy atom. The van der Waals surface area contributed by atoms with Crippen molar-refractivity contribution in [2.45, 2.75) is 5.92 Å². The smallest absolute Gasteiger partial charge is 0.407 e. The van der Waals surface area contributed by atoms with E-state index in [1.165, 1.54) is 7.05 Å². The number of aliphatic carboxylic acids is 1. The first-order chi connectivity index (χ1) is 14.0. The Hall–Kier alpha value is -3.79. The summed E-state index contributed by atoms with van der Waals surface area (Å²) in [4.78, 5) is 35.1. The van der Waals surface area contributed by atoms with Crippen LogP contribution in [0.2, 0.25) is 0 Å². The van der Waals surface area contributed by atoms with E-state index in [4.69, 9.17) is 9.84 Å². The summed E-state index contributed by atoms with van der Waals surface area (Å²) in [5.41, 5.74) is 4.53. The number of ether oxygens (including phenoxy) is 1. The molecule has 3 rings (SSSR count). The third-order valence-corrected chi connectivity index (χ3v) is 4.58. The van der Waals surface area contributed by atoms with Crippen molar-refractivity contribution in [3.05, 3.63) is 59.7 Å². The molecule has 7 heteroatoms. The molecule has 0 bridgehead atoms. The molecule has 0 spiro atoms. The minimum absolute atomic E-state index is 0.0366. The molecule has 1 aliphatic rings. The van der Waals surface area contributed by atoms with Crippen LogP contribution in [0.15, 0.2) is 48.5 Å². The van der Waals surface area contributed by atoms with Crippen molar-refractivity contribution in [3.8, 4) is 23.0 Å². The van der Waals surface area contributed by atoms with Gasteiger partial charge in [-0.25, -0.2) is 4.79 Å². The van der Waals surface area contributed by atoms with Gasteiger partial charge >= 0.3 is 12.1 Å². The van der Waals surface area contributed by atoms with Crippen molar-refractivity contribution in [1.82, 2.24) is 10.2 Å². The summed E-state index contributed by atoms with van der Waals surface area (Å²) in [5, 5.41) is 11.1. The normalized spacial score (nSPS) is 11.5. The highest BCUT2D eigenvalue weighted by molar-refractivity contribution is 5.95. The fraction of sp³-hybridized carbons (Fsp3) is 0.227. The number of rotatable bonds is 5. The number of hydrogen-bond donors (Lipinski definition) is 2. The number of carboxylic acids is 1. The maximum absolute atomic E-state index is 12.0. The number of nitrogens with zero attached hydrogens (tertiary/aromatic N) is 1. The SMILES string of the molecule is CN(CC(=O)O)C(=O)C#CCNC(=O)OCC1c2ccccc2-c2ccccc21. The van der Waals surface area contributed by atoms with Crippen molar-refractivity contribution < 1.29 is 24.2 Å². The molecule has 0 unspecified atom stereocenters. The lowest BCUT2D eigenvalue weighted by Crippen LogP contribution is -2.31. The summed E-state index contributed by atoms with van der Waals surface area (Å²) in [6.07, 6.45) is -0.632. The van der Waals surface area contributed by atoms with Crippen LogP contribution in [-0.2, 0) is 14.3 Å². The number of nitrogens with one attached hydrogen (secondary N) is 1. The number of amides is 2. The minimum Gasteiger partial charge on any atom is -0.480 e. The second kappa shape index (κ2) is 8.93. The number of carboxylic acid groups (broad SMARTS) is 1. The molecule has 0 saturated carbocycles. The summed E-state index contributed by atoms with van der Waals surface area (Å²) >= 11 is 0. The minimum atomic E-state index is -1.13. The lowest BCUT2D eigenvalue weighted by Gasteiger charge is -2.14. The number of carbonyl (C=O) groups excluding carboxylic acids is 2. The predicted molar refractivity (Wildman–Crippen MR) is 106 cm³/mol. The summed E-state index contributed by atoms with van der Waals surface area (Å²) in [6, 6.07) is 16.1. The fourth-order valence-corrected chi connectivity index (χ4v) is 3.26. The van der Waals surface area contributed by atoms with Gasteiger partial charge in [-0.1, -0.05) is 54.5 Å². The van der Waals surface area contributed by atoms with Gasteiger partial charge in [0.1, 0.15) is 13.2 Å². The van der Waals surface area contributed by atoms with Crippen LogP contribution in [0.4, 0.5) is 4.79 Å². The maximum atomic E-state index is 12.0. The summed E-state index contributed by atoms with van der Waals surface area (Å²) < 4.78 is 5.36. The third kappa shape index (κ3) is 4.74. The maximum Gasteiger partial charge on any atom is 0.407 e. The van der Waals surface area contributed by atoms with Crippen LogP contribution in [0, 0.1) is 11.8 Å². The van der Waals surface area contributed by atoms with Gasteiger partial charge in [0.05, 0.1) is 6.54 Å². The van der Waals surface area contributed by atoms with Gasteiger partial charge in [0.15, 0.2) is 0 Å². The fourth-order valence-electron chi connectivity index (χ4n) is 3.26. The molecular formula is C22H20N2O5. The van der Waals surface area contributed by atoms with E-state index in [0.29, 0.717) is 0 Å². The number of hydrogen-bond acceptors (Lipinski definition) is 4. The quantitative estimate of drug-likeness (QED) is 0.760. The van der Waals surface area contributed by atoms with E-state index in [1.54, 1.807) is 0 Å². The molecule has 0 fully saturated rings. The van der Waals surface area contributed by atoms with Gasteiger partial charge in [0, 0.05) is 13.0 Å². The van der Waals surface area contributed by atoms with Gasteiger partial charge in [-0.3, -0.25) is 9.59 Å². The van der Waals surface area contributed by atoms with E-state index in [9.17, 15) is 14.4 Å². The van der Waals surface area contributed by atoms with Crippen LogP contribution in [-0.4, -0.2) is 54.7 Å². The number of likely N-dealkylation sites (N-methyl/N-ethyl adjacent to an activating group) is 1. The van der Waals surface area contributed by atoms with E-state index in [0.717, 1.165) is 27.2 Å². The van der Waals surface area contributed by atoms with E-state index in [1.807, 2.05) is 36.4 Å². The molecular weight excluding hydrogens is 372 g/mol. The molecule has 0 heterocycles. The zero-order valence-corrected chi connectivity index (χ0v) is 15.8. The summed E-state index contributed by atoms with van der Waals surface area (Å²) in [6.45, 7) is -0.329. The molecule has 0 aliphatic heterocycles. The first kappa shape index (κ1) is 20.0. The molecule has 2 aromatic carbocycles. The molecule has 7 nitrogen and oxygen atoms in total.